The summed E-state index contributed by atoms with van der Waals surface area (Å²) >= 11 is 0. The van der Waals surface area contributed by atoms with Gasteiger partial charge in [0.15, 0.2) is 11.6 Å². The molecular formula is C13H19FO3. The van der Waals surface area contributed by atoms with Crippen molar-refractivity contribution >= 4 is 0 Å². The van der Waals surface area contributed by atoms with Gasteiger partial charge in [0.25, 0.3) is 0 Å². The maximum absolute atomic E-state index is 13.5. The Morgan fingerprint density at radius 2 is 1.94 bits per heavy atom. The van der Waals surface area contributed by atoms with E-state index in [9.17, 15) is 9.50 Å². The molecular weight excluding hydrogens is 223 g/mol. The Morgan fingerprint density at radius 3 is 2.47 bits per heavy atom. The van der Waals surface area contributed by atoms with E-state index in [4.69, 9.17) is 9.47 Å². The van der Waals surface area contributed by atoms with Gasteiger partial charge in [-0.2, -0.15) is 0 Å². The summed E-state index contributed by atoms with van der Waals surface area (Å²) in [5.74, 6) is -0.283. The van der Waals surface area contributed by atoms with Gasteiger partial charge in [0, 0.05) is 0 Å². The largest absolute Gasteiger partial charge is 0.488 e. The number of ether oxygens (including phenoxy) is 2. The molecule has 0 amide bonds. The van der Waals surface area contributed by atoms with Crippen LogP contribution in [0.15, 0.2) is 18.2 Å². The highest BCUT2D eigenvalue weighted by Gasteiger charge is 2.07. The minimum atomic E-state index is -0.678. The fourth-order valence-corrected chi connectivity index (χ4v) is 1.33. The summed E-state index contributed by atoms with van der Waals surface area (Å²) in [5.41, 5.74) is 0.535. The zero-order chi connectivity index (χ0) is 12.8. The van der Waals surface area contributed by atoms with Crippen LogP contribution in [0.1, 0.15) is 32.4 Å². The molecule has 0 unspecified atom stereocenters. The molecule has 0 radical (unpaired) electrons. The van der Waals surface area contributed by atoms with Crippen LogP contribution in [0.25, 0.3) is 0 Å². The fraction of sp³-hybridized carbons (Fsp3) is 0.538. The monoisotopic (exact) mass is 242 g/mol. The number of hydrogen-bond acceptors (Lipinski definition) is 3. The predicted octanol–water partition coefficient (Wildman–Crippen LogP) is 2.68. The molecule has 1 atom stereocenters. The SMILES string of the molecule is CC(C)OCCOc1ccc([C@H](C)O)cc1F. The number of hydrogen-bond donors (Lipinski definition) is 1. The highest BCUT2D eigenvalue weighted by atomic mass is 19.1. The van der Waals surface area contributed by atoms with Crippen molar-refractivity contribution in [3.63, 3.8) is 0 Å². The Labute approximate surface area is 101 Å². The van der Waals surface area contributed by atoms with E-state index in [0.29, 0.717) is 18.8 Å². The van der Waals surface area contributed by atoms with Crippen molar-refractivity contribution in [3.05, 3.63) is 29.6 Å². The van der Waals surface area contributed by atoms with Crippen LogP contribution < -0.4 is 4.74 Å². The van der Waals surface area contributed by atoms with E-state index in [1.165, 1.54) is 12.1 Å². The quantitative estimate of drug-likeness (QED) is 0.779. The van der Waals surface area contributed by atoms with Crippen LogP contribution in [0, 0.1) is 5.82 Å². The van der Waals surface area contributed by atoms with Crippen molar-refractivity contribution < 1.29 is 19.0 Å². The second kappa shape index (κ2) is 6.57. The van der Waals surface area contributed by atoms with Crippen LogP contribution >= 0.6 is 0 Å². The Hall–Kier alpha value is -1.13. The van der Waals surface area contributed by atoms with E-state index in [-0.39, 0.29) is 11.9 Å². The molecule has 0 spiro atoms. The minimum absolute atomic E-state index is 0.140. The average molecular weight is 242 g/mol. The van der Waals surface area contributed by atoms with Crippen LogP contribution in [-0.4, -0.2) is 24.4 Å². The van der Waals surface area contributed by atoms with Gasteiger partial charge < -0.3 is 14.6 Å². The van der Waals surface area contributed by atoms with Crippen LogP contribution in [0.4, 0.5) is 4.39 Å². The molecule has 1 aromatic carbocycles. The molecule has 3 nitrogen and oxygen atoms in total. The number of rotatable bonds is 6. The van der Waals surface area contributed by atoms with Crippen molar-refractivity contribution in [2.45, 2.75) is 33.0 Å². The lowest BCUT2D eigenvalue weighted by molar-refractivity contribution is 0.0544. The second-order valence-electron chi connectivity index (χ2n) is 4.13. The summed E-state index contributed by atoms with van der Waals surface area (Å²) in [6, 6.07) is 4.45. The molecule has 0 heterocycles. The summed E-state index contributed by atoms with van der Waals surface area (Å²) in [5, 5.41) is 9.29. The molecule has 0 aliphatic carbocycles. The normalized spacial score (nSPS) is 12.8. The molecule has 1 aromatic rings. The zero-order valence-corrected chi connectivity index (χ0v) is 10.4. The second-order valence-corrected chi connectivity index (χ2v) is 4.13. The Morgan fingerprint density at radius 1 is 1.24 bits per heavy atom. The summed E-state index contributed by atoms with van der Waals surface area (Å²) in [4.78, 5) is 0. The van der Waals surface area contributed by atoms with Gasteiger partial charge in [0.05, 0.1) is 18.8 Å². The lowest BCUT2D eigenvalue weighted by Gasteiger charge is -2.11. The van der Waals surface area contributed by atoms with Crippen molar-refractivity contribution in [1.29, 1.82) is 0 Å². The van der Waals surface area contributed by atoms with Gasteiger partial charge in [0.2, 0.25) is 0 Å². The molecule has 17 heavy (non-hydrogen) atoms. The van der Waals surface area contributed by atoms with E-state index in [1.54, 1.807) is 13.0 Å². The lowest BCUT2D eigenvalue weighted by Crippen LogP contribution is -2.11. The number of benzene rings is 1. The molecule has 0 aliphatic heterocycles. The fourth-order valence-electron chi connectivity index (χ4n) is 1.33. The molecule has 0 saturated heterocycles. The van der Waals surface area contributed by atoms with Crippen LogP contribution in [-0.2, 0) is 4.74 Å². The third-order valence-electron chi connectivity index (χ3n) is 2.23. The van der Waals surface area contributed by atoms with Crippen LogP contribution in [0.5, 0.6) is 5.75 Å². The van der Waals surface area contributed by atoms with Gasteiger partial charge in [-0.15, -0.1) is 0 Å². The Kier molecular flexibility index (Phi) is 5.38. The molecule has 0 fully saturated rings. The van der Waals surface area contributed by atoms with Gasteiger partial charge in [0.1, 0.15) is 6.61 Å². The molecule has 1 rings (SSSR count). The van der Waals surface area contributed by atoms with Gasteiger partial charge in [-0.1, -0.05) is 6.07 Å². The minimum Gasteiger partial charge on any atom is -0.488 e. The first kappa shape index (κ1) is 13.9. The Balaban J connectivity index is 2.49. The maximum Gasteiger partial charge on any atom is 0.165 e. The van der Waals surface area contributed by atoms with Gasteiger partial charge in [-0.25, -0.2) is 4.39 Å². The highest BCUT2D eigenvalue weighted by molar-refractivity contribution is 5.30. The molecule has 0 aromatic heterocycles. The first-order chi connectivity index (χ1) is 8.00. The van der Waals surface area contributed by atoms with E-state index in [0.717, 1.165) is 0 Å². The van der Waals surface area contributed by atoms with E-state index < -0.39 is 11.9 Å². The standard InChI is InChI=1S/C13H19FO3/c1-9(2)16-6-7-17-13-5-4-11(10(3)15)8-12(13)14/h4-5,8-10,15H,6-7H2,1-3H3/t10-/m0/s1. The van der Waals surface area contributed by atoms with Crippen molar-refractivity contribution in [1.82, 2.24) is 0 Å². The summed E-state index contributed by atoms with van der Waals surface area (Å²) in [6.07, 6.45) is -0.538. The topological polar surface area (TPSA) is 38.7 Å². The maximum atomic E-state index is 13.5. The van der Waals surface area contributed by atoms with Gasteiger partial charge >= 0.3 is 0 Å². The molecule has 96 valence electrons. The van der Waals surface area contributed by atoms with Crippen LogP contribution in [0.2, 0.25) is 0 Å². The van der Waals surface area contributed by atoms with Crippen molar-refractivity contribution in [2.24, 2.45) is 0 Å². The highest BCUT2D eigenvalue weighted by Crippen LogP contribution is 2.21. The number of aliphatic hydroxyl groups excluding tert-OH is 1. The van der Waals surface area contributed by atoms with Crippen molar-refractivity contribution in [3.8, 4) is 5.75 Å². The molecule has 0 bridgehead atoms. The third kappa shape index (κ3) is 4.71. The predicted molar refractivity (Wildman–Crippen MR) is 63.6 cm³/mol. The van der Waals surface area contributed by atoms with Crippen LogP contribution in [0.3, 0.4) is 0 Å². The first-order valence-electron chi connectivity index (χ1n) is 5.72. The third-order valence-corrected chi connectivity index (χ3v) is 2.23. The van der Waals surface area contributed by atoms with E-state index >= 15 is 0 Å². The Bertz CT molecular complexity index is 351. The lowest BCUT2D eigenvalue weighted by atomic mass is 10.1. The summed E-state index contributed by atoms with van der Waals surface area (Å²) < 4.78 is 24.0. The molecule has 4 heteroatoms. The van der Waals surface area contributed by atoms with Crippen molar-refractivity contribution in [2.75, 3.05) is 13.2 Å². The first-order valence-corrected chi connectivity index (χ1v) is 5.72. The smallest absolute Gasteiger partial charge is 0.165 e. The molecule has 1 N–H and O–H groups in total. The number of halogens is 1. The van der Waals surface area contributed by atoms with Gasteiger partial charge in [-0.3, -0.25) is 0 Å². The number of aliphatic hydroxyl groups is 1. The summed E-state index contributed by atoms with van der Waals surface area (Å²) in [7, 11) is 0. The van der Waals surface area contributed by atoms with Gasteiger partial charge in [-0.05, 0) is 38.5 Å². The van der Waals surface area contributed by atoms with E-state index in [1.807, 2.05) is 13.8 Å². The summed E-state index contributed by atoms with van der Waals surface area (Å²) in [6.45, 7) is 6.18. The molecule has 0 aliphatic rings. The molecule has 0 saturated carbocycles. The zero-order valence-electron chi connectivity index (χ0n) is 10.4. The average Bonchev–Trinajstić information content (AvgIpc) is 2.25. The van der Waals surface area contributed by atoms with E-state index in [2.05, 4.69) is 0 Å².